The number of benzene rings is 2. The fourth-order valence-corrected chi connectivity index (χ4v) is 4.02. The molecule has 0 saturated carbocycles. The molecular weight excluding hydrogens is 408 g/mol. The van der Waals surface area contributed by atoms with E-state index >= 15 is 0 Å². The van der Waals surface area contributed by atoms with Crippen LogP contribution in [0.5, 0.6) is 11.6 Å². The predicted octanol–water partition coefficient (Wildman–Crippen LogP) is 2.73. The Bertz CT molecular complexity index is 1380. The SMILES string of the molecule is Cc1cc(-c2nn3c(c2C)OCC3)ccc1OCc1c(C)cccc1-n1nnn(C)c1=O. The molecule has 9 heteroatoms. The molecule has 4 aromatic rings. The first-order valence-electron chi connectivity index (χ1n) is 10.5. The largest absolute Gasteiger partial charge is 0.489 e. The van der Waals surface area contributed by atoms with Crippen LogP contribution in [-0.2, 0) is 20.2 Å². The minimum atomic E-state index is -0.302. The smallest absolute Gasteiger partial charge is 0.368 e. The van der Waals surface area contributed by atoms with Gasteiger partial charge in [0.25, 0.3) is 0 Å². The number of hydrogen-bond donors (Lipinski definition) is 0. The molecule has 1 aliphatic rings. The van der Waals surface area contributed by atoms with Crippen LogP contribution < -0.4 is 15.2 Å². The van der Waals surface area contributed by atoms with E-state index < -0.39 is 0 Å². The van der Waals surface area contributed by atoms with Gasteiger partial charge < -0.3 is 9.47 Å². The van der Waals surface area contributed by atoms with Gasteiger partial charge in [-0.15, -0.1) is 0 Å². The molecule has 0 bridgehead atoms. The van der Waals surface area contributed by atoms with E-state index in [2.05, 4.69) is 16.5 Å². The number of hydrogen-bond acceptors (Lipinski definition) is 6. The zero-order chi connectivity index (χ0) is 22.4. The third kappa shape index (κ3) is 3.26. The first-order valence-corrected chi connectivity index (χ1v) is 10.5. The van der Waals surface area contributed by atoms with E-state index in [0.29, 0.717) is 18.9 Å². The standard InChI is InChI=1S/C23H24N6O3/c1-14-6-5-7-19(29-23(30)27(4)25-26-29)18(14)13-32-20-9-8-17(12-15(20)2)21-16(3)22-28(24-21)10-11-31-22/h5-9,12H,10-11,13H2,1-4H3. The van der Waals surface area contributed by atoms with E-state index in [9.17, 15) is 4.79 Å². The minimum Gasteiger partial charge on any atom is -0.489 e. The molecule has 32 heavy (non-hydrogen) atoms. The van der Waals surface area contributed by atoms with E-state index in [-0.39, 0.29) is 5.69 Å². The van der Waals surface area contributed by atoms with Gasteiger partial charge in [0.1, 0.15) is 19.0 Å². The van der Waals surface area contributed by atoms with Gasteiger partial charge in [0.15, 0.2) is 0 Å². The van der Waals surface area contributed by atoms with E-state index in [0.717, 1.165) is 51.7 Å². The molecule has 0 unspecified atom stereocenters. The average molecular weight is 432 g/mol. The van der Waals surface area contributed by atoms with Gasteiger partial charge in [0.2, 0.25) is 5.88 Å². The Labute approximate surface area is 184 Å². The molecule has 9 nitrogen and oxygen atoms in total. The molecule has 2 aromatic heterocycles. The van der Waals surface area contributed by atoms with Gasteiger partial charge in [-0.3, -0.25) is 0 Å². The van der Waals surface area contributed by atoms with Gasteiger partial charge in [-0.1, -0.05) is 12.1 Å². The molecule has 1 aliphatic heterocycles. The van der Waals surface area contributed by atoms with Crippen molar-refractivity contribution in [3.8, 4) is 28.6 Å². The number of fused-ring (bicyclic) bond motifs is 1. The maximum atomic E-state index is 12.4. The maximum absolute atomic E-state index is 12.4. The van der Waals surface area contributed by atoms with Gasteiger partial charge in [-0.05, 0) is 66.6 Å². The Morgan fingerprint density at radius 1 is 1.09 bits per heavy atom. The number of aryl methyl sites for hydroxylation is 3. The normalized spacial score (nSPS) is 12.6. The lowest BCUT2D eigenvalue weighted by atomic mass is 10.0. The molecule has 3 heterocycles. The molecule has 0 N–H and O–H groups in total. The quantitative estimate of drug-likeness (QED) is 0.482. The summed E-state index contributed by atoms with van der Waals surface area (Å²) in [6.45, 7) is 7.80. The summed E-state index contributed by atoms with van der Waals surface area (Å²) in [5.74, 6) is 1.62. The van der Waals surface area contributed by atoms with Crippen LogP contribution in [0.25, 0.3) is 16.9 Å². The summed E-state index contributed by atoms with van der Waals surface area (Å²) in [6, 6.07) is 11.8. The van der Waals surface area contributed by atoms with Crippen molar-refractivity contribution >= 4 is 0 Å². The summed E-state index contributed by atoms with van der Waals surface area (Å²) in [7, 11) is 1.57. The fourth-order valence-electron chi connectivity index (χ4n) is 4.02. The van der Waals surface area contributed by atoms with Crippen LogP contribution in [0.2, 0.25) is 0 Å². The third-order valence-electron chi connectivity index (χ3n) is 5.83. The Balaban J connectivity index is 1.42. The summed E-state index contributed by atoms with van der Waals surface area (Å²) in [6.07, 6.45) is 0. The zero-order valence-corrected chi connectivity index (χ0v) is 18.5. The maximum Gasteiger partial charge on any atom is 0.368 e. The van der Waals surface area contributed by atoms with E-state index in [1.54, 1.807) is 7.05 Å². The van der Waals surface area contributed by atoms with Crippen LogP contribution in [-0.4, -0.2) is 36.2 Å². The third-order valence-corrected chi connectivity index (χ3v) is 5.83. The molecule has 5 rings (SSSR count). The van der Waals surface area contributed by atoms with Gasteiger partial charge in [-0.25, -0.2) is 9.48 Å². The van der Waals surface area contributed by atoms with Crippen LogP contribution in [0.15, 0.2) is 41.2 Å². The number of nitrogens with zero attached hydrogens (tertiary/aromatic N) is 6. The summed E-state index contributed by atoms with van der Waals surface area (Å²) in [5, 5.41) is 12.5. The molecule has 0 fully saturated rings. The highest BCUT2D eigenvalue weighted by molar-refractivity contribution is 5.67. The second-order valence-corrected chi connectivity index (χ2v) is 7.99. The van der Waals surface area contributed by atoms with Crippen LogP contribution >= 0.6 is 0 Å². The fraction of sp³-hybridized carbons (Fsp3) is 0.304. The summed E-state index contributed by atoms with van der Waals surface area (Å²) >= 11 is 0. The lowest BCUT2D eigenvalue weighted by Crippen LogP contribution is -2.23. The monoisotopic (exact) mass is 432 g/mol. The van der Waals surface area contributed by atoms with Crippen LogP contribution in [0.4, 0.5) is 0 Å². The Hall–Kier alpha value is -3.88. The van der Waals surface area contributed by atoms with Crippen molar-refractivity contribution in [3.05, 3.63) is 69.1 Å². The van der Waals surface area contributed by atoms with Gasteiger partial charge in [0.05, 0.1) is 17.9 Å². The van der Waals surface area contributed by atoms with Crippen molar-refractivity contribution in [2.75, 3.05) is 6.61 Å². The van der Waals surface area contributed by atoms with Crippen molar-refractivity contribution in [3.63, 3.8) is 0 Å². The van der Waals surface area contributed by atoms with Crippen molar-refractivity contribution in [2.45, 2.75) is 33.9 Å². The van der Waals surface area contributed by atoms with Crippen molar-refractivity contribution in [2.24, 2.45) is 7.05 Å². The molecule has 0 atom stereocenters. The van der Waals surface area contributed by atoms with Gasteiger partial charge in [-0.2, -0.15) is 14.5 Å². The second kappa shape index (κ2) is 7.67. The lowest BCUT2D eigenvalue weighted by Gasteiger charge is -2.15. The summed E-state index contributed by atoms with van der Waals surface area (Å²) in [5.41, 5.74) is 6.27. The van der Waals surface area contributed by atoms with E-state index in [4.69, 9.17) is 14.6 Å². The van der Waals surface area contributed by atoms with Crippen LogP contribution in [0.3, 0.4) is 0 Å². The molecule has 0 radical (unpaired) electrons. The molecule has 164 valence electrons. The average Bonchev–Trinajstić information content (AvgIpc) is 3.45. The van der Waals surface area contributed by atoms with Crippen LogP contribution in [0, 0.1) is 20.8 Å². The molecule has 0 saturated heterocycles. The Morgan fingerprint density at radius 3 is 2.66 bits per heavy atom. The highest BCUT2D eigenvalue weighted by Crippen LogP contribution is 2.34. The number of aromatic nitrogens is 6. The number of ether oxygens (including phenoxy) is 2. The highest BCUT2D eigenvalue weighted by atomic mass is 16.5. The topological polar surface area (TPSA) is 89.0 Å². The van der Waals surface area contributed by atoms with Crippen LogP contribution in [0.1, 0.15) is 22.3 Å². The van der Waals surface area contributed by atoms with E-state index in [1.165, 1.54) is 9.36 Å². The molecule has 0 amide bonds. The van der Waals surface area contributed by atoms with Crippen molar-refractivity contribution in [1.82, 2.24) is 29.6 Å². The molecule has 0 aliphatic carbocycles. The van der Waals surface area contributed by atoms with Crippen molar-refractivity contribution in [1.29, 1.82) is 0 Å². The highest BCUT2D eigenvalue weighted by Gasteiger charge is 2.21. The minimum absolute atomic E-state index is 0.302. The summed E-state index contributed by atoms with van der Waals surface area (Å²) in [4.78, 5) is 12.4. The van der Waals surface area contributed by atoms with Crippen molar-refractivity contribution < 1.29 is 9.47 Å². The first-order chi connectivity index (χ1) is 15.4. The molecular formula is C23H24N6O3. The molecule has 0 spiro atoms. The Kier molecular flexibility index (Phi) is 4.80. The number of rotatable bonds is 5. The second-order valence-electron chi connectivity index (χ2n) is 7.99. The van der Waals surface area contributed by atoms with Gasteiger partial charge in [0, 0.05) is 23.7 Å². The van der Waals surface area contributed by atoms with Gasteiger partial charge >= 0.3 is 5.69 Å². The number of tetrazole rings is 1. The van der Waals surface area contributed by atoms with E-state index in [1.807, 2.05) is 55.8 Å². The lowest BCUT2D eigenvalue weighted by molar-refractivity contribution is 0.302. The molecule has 2 aromatic carbocycles. The summed E-state index contributed by atoms with van der Waals surface area (Å²) < 4.78 is 16.3. The Morgan fingerprint density at radius 2 is 1.94 bits per heavy atom. The first kappa shape index (κ1) is 20.0. The predicted molar refractivity (Wildman–Crippen MR) is 118 cm³/mol. The zero-order valence-electron chi connectivity index (χ0n) is 18.5.